The van der Waals surface area contributed by atoms with Crippen LogP contribution in [0.4, 0.5) is 0 Å². The number of hydrogen-bond acceptors (Lipinski definition) is 2. The van der Waals surface area contributed by atoms with E-state index in [9.17, 15) is 0 Å². The lowest BCUT2D eigenvalue weighted by molar-refractivity contribution is 0.0968. The SMILES string of the molecule is C1CCOCC1.Oc1ccccc1. The third-order valence-corrected chi connectivity index (χ3v) is 1.83. The Balaban J connectivity index is 0.000000132. The largest absolute Gasteiger partial charge is 0.508 e. The molecular weight excluding hydrogens is 164 g/mol. The topological polar surface area (TPSA) is 29.5 Å². The van der Waals surface area contributed by atoms with Crippen LogP contribution in [0.1, 0.15) is 19.3 Å². The van der Waals surface area contributed by atoms with Gasteiger partial charge in [-0.25, -0.2) is 0 Å². The van der Waals surface area contributed by atoms with Crippen molar-refractivity contribution in [3.05, 3.63) is 30.3 Å². The summed E-state index contributed by atoms with van der Waals surface area (Å²) in [4.78, 5) is 0. The highest BCUT2D eigenvalue weighted by Gasteiger charge is 1.95. The minimum Gasteiger partial charge on any atom is -0.508 e. The molecule has 0 unspecified atom stereocenters. The predicted octanol–water partition coefficient (Wildman–Crippen LogP) is 2.58. The van der Waals surface area contributed by atoms with Crippen LogP contribution in [0, 0.1) is 0 Å². The molecule has 0 bridgehead atoms. The Morgan fingerprint density at radius 2 is 1.54 bits per heavy atom. The summed E-state index contributed by atoms with van der Waals surface area (Å²) in [6.45, 7) is 2.00. The average molecular weight is 180 g/mol. The molecule has 1 heterocycles. The van der Waals surface area contributed by atoms with Crippen molar-refractivity contribution in [3.8, 4) is 5.75 Å². The molecule has 2 rings (SSSR count). The molecule has 1 N–H and O–H groups in total. The van der Waals surface area contributed by atoms with Crippen molar-refractivity contribution in [2.24, 2.45) is 0 Å². The minimum atomic E-state index is 0.322. The molecule has 2 nitrogen and oxygen atoms in total. The second kappa shape index (κ2) is 6.49. The molecule has 0 radical (unpaired) electrons. The Bertz CT molecular complexity index is 193. The Morgan fingerprint density at radius 1 is 0.923 bits per heavy atom. The molecule has 0 spiro atoms. The van der Waals surface area contributed by atoms with Gasteiger partial charge < -0.3 is 9.84 Å². The monoisotopic (exact) mass is 180 g/mol. The summed E-state index contributed by atoms with van der Waals surface area (Å²) in [5, 5.41) is 8.63. The maximum Gasteiger partial charge on any atom is 0.115 e. The Hall–Kier alpha value is -1.02. The van der Waals surface area contributed by atoms with Gasteiger partial charge in [-0.3, -0.25) is 0 Å². The molecular formula is C11H16O2. The number of phenols is 1. The second-order valence-corrected chi connectivity index (χ2v) is 3.01. The lowest BCUT2D eigenvalue weighted by Crippen LogP contribution is -2.03. The van der Waals surface area contributed by atoms with Gasteiger partial charge in [-0.1, -0.05) is 18.2 Å². The summed E-state index contributed by atoms with van der Waals surface area (Å²) in [5.41, 5.74) is 0. The Kier molecular flexibility index (Phi) is 5.02. The first-order valence-electron chi connectivity index (χ1n) is 4.71. The molecule has 13 heavy (non-hydrogen) atoms. The van der Waals surface area contributed by atoms with Gasteiger partial charge in [-0.05, 0) is 31.4 Å². The fraction of sp³-hybridized carbons (Fsp3) is 0.455. The number of benzene rings is 1. The number of aromatic hydroxyl groups is 1. The first-order valence-corrected chi connectivity index (χ1v) is 4.71. The van der Waals surface area contributed by atoms with Crippen LogP contribution in [0.15, 0.2) is 30.3 Å². The molecule has 1 fully saturated rings. The van der Waals surface area contributed by atoms with Gasteiger partial charge in [-0.2, -0.15) is 0 Å². The van der Waals surface area contributed by atoms with Gasteiger partial charge in [0.1, 0.15) is 5.75 Å². The van der Waals surface area contributed by atoms with Crippen LogP contribution in [0.25, 0.3) is 0 Å². The highest BCUT2D eigenvalue weighted by molar-refractivity contribution is 5.18. The average Bonchev–Trinajstić information content (AvgIpc) is 2.22. The third-order valence-electron chi connectivity index (χ3n) is 1.83. The molecule has 1 saturated heterocycles. The van der Waals surface area contributed by atoms with Crippen molar-refractivity contribution in [1.82, 2.24) is 0 Å². The second-order valence-electron chi connectivity index (χ2n) is 3.01. The van der Waals surface area contributed by atoms with Gasteiger partial charge in [0.05, 0.1) is 0 Å². The number of ether oxygens (including phenoxy) is 1. The zero-order valence-electron chi connectivity index (χ0n) is 7.78. The summed E-state index contributed by atoms with van der Waals surface area (Å²) in [5.74, 6) is 0.322. The van der Waals surface area contributed by atoms with Crippen LogP contribution in [0.5, 0.6) is 5.75 Å². The predicted molar refractivity (Wildman–Crippen MR) is 52.8 cm³/mol. The molecule has 1 aromatic carbocycles. The van der Waals surface area contributed by atoms with Crippen LogP contribution in [0.3, 0.4) is 0 Å². The number of phenolic OH excluding ortho intramolecular Hbond substituents is 1. The van der Waals surface area contributed by atoms with E-state index in [0.29, 0.717) is 5.75 Å². The lowest BCUT2D eigenvalue weighted by Gasteiger charge is -2.08. The van der Waals surface area contributed by atoms with Crippen molar-refractivity contribution in [1.29, 1.82) is 0 Å². The van der Waals surface area contributed by atoms with E-state index in [2.05, 4.69) is 0 Å². The van der Waals surface area contributed by atoms with E-state index in [4.69, 9.17) is 9.84 Å². The maximum atomic E-state index is 8.63. The molecule has 0 saturated carbocycles. The van der Waals surface area contributed by atoms with Crippen LogP contribution in [0.2, 0.25) is 0 Å². The summed E-state index contributed by atoms with van der Waals surface area (Å²) < 4.78 is 5.07. The highest BCUT2D eigenvalue weighted by atomic mass is 16.5. The first-order chi connectivity index (χ1) is 6.39. The first kappa shape index (κ1) is 10.1. The molecule has 1 aliphatic rings. The Labute approximate surface area is 79.2 Å². The fourth-order valence-corrected chi connectivity index (χ4v) is 1.12. The van der Waals surface area contributed by atoms with E-state index in [1.807, 2.05) is 6.07 Å². The molecule has 0 amide bonds. The van der Waals surface area contributed by atoms with Gasteiger partial charge in [0, 0.05) is 13.2 Å². The molecule has 72 valence electrons. The van der Waals surface area contributed by atoms with E-state index >= 15 is 0 Å². The number of rotatable bonds is 0. The van der Waals surface area contributed by atoms with Crippen LogP contribution >= 0.6 is 0 Å². The third kappa shape index (κ3) is 5.26. The van der Waals surface area contributed by atoms with Crippen molar-refractivity contribution in [3.63, 3.8) is 0 Å². The molecule has 1 aromatic rings. The molecule has 1 aliphatic heterocycles. The number of hydrogen-bond donors (Lipinski definition) is 1. The Morgan fingerprint density at radius 3 is 1.77 bits per heavy atom. The quantitative estimate of drug-likeness (QED) is 0.665. The van der Waals surface area contributed by atoms with Gasteiger partial charge in [0.2, 0.25) is 0 Å². The van der Waals surface area contributed by atoms with Crippen molar-refractivity contribution in [2.75, 3.05) is 13.2 Å². The summed E-state index contributed by atoms with van der Waals surface area (Å²) >= 11 is 0. The zero-order valence-corrected chi connectivity index (χ0v) is 7.78. The van der Waals surface area contributed by atoms with Crippen molar-refractivity contribution >= 4 is 0 Å². The van der Waals surface area contributed by atoms with E-state index < -0.39 is 0 Å². The van der Waals surface area contributed by atoms with Crippen LogP contribution < -0.4 is 0 Å². The standard InChI is InChI=1S/C6H6O.C5H10O/c7-6-4-2-1-3-5-6;1-2-4-6-5-3-1/h1-5,7H;1-5H2. The van der Waals surface area contributed by atoms with Crippen molar-refractivity contribution < 1.29 is 9.84 Å². The van der Waals surface area contributed by atoms with Gasteiger partial charge in [0.15, 0.2) is 0 Å². The van der Waals surface area contributed by atoms with E-state index in [1.54, 1.807) is 24.3 Å². The van der Waals surface area contributed by atoms with E-state index in [-0.39, 0.29) is 0 Å². The van der Waals surface area contributed by atoms with Crippen molar-refractivity contribution in [2.45, 2.75) is 19.3 Å². The van der Waals surface area contributed by atoms with Gasteiger partial charge in [0.25, 0.3) is 0 Å². The molecule has 0 atom stereocenters. The maximum absolute atomic E-state index is 8.63. The summed E-state index contributed by atoms with van der Waals surface area (Å²) in [7, 11) is 0. The van der Waals surface area contributed by atoms with E-state index in [0.717, 1.165) is 13.2 Å². The zero-order chi connectivity index (χ0) is 9.36. The summed E-state index contributed by atoms with van der Waals surface area (Å²) in [6.07, 6.45) is 3.93. The fourth-order valence-electron chi connectivity index (χ4n) is 1.12. The normalized spacial score (nSPS) is 15.7. The van der Waals surface area contributed by atoms with E-state index in [1.165, 1.54) is 19.3 Å². The van der Waals surface area contributed by atoms with Crippen LogP contribution in [-0.4, -0.2) is 18.3 Å². The van der Waals surface area contributed by atoms with Gasteiger partial charge >= 0.3 is 0 Å². The highest BCUT2D eigenvalue weighted by Crippen LogP contribution is 2.03. The molecule has 0 aromatic heterocycles. The lowest BCUT2D eigenvalue weighted by atomic mass is 10.2. The smallest absolute Gasteiger partial charge is 0.115 e. The minimum absolute atomic E-state index is 0.322. The number of para-hydroxylation sites is 1. The molecule has 0 aliphatic carbocycles. The summed E-state index contributed by atoms with van der Waals surface area (Å²) in [6, 6.07) is 8.71. The van der Waals surface area contributed by atoms with Gasteiger partial charge in [-0.15, -0.1) is 0 Å². The van der Waals surface area contributed by atoms with Crippen LogP contribution in [-0.2, 0) is 4.74 Å². The molecule has 2 heteroatoms.